The van der Waals surface area contributed by atoms with E-state index in [1.54, 1.807) is 30.3 Å². The SMILES string of the molecule is O=C(N/N=C\c1c(O)n(Cc2ccc(F)cc2)c(=O)[nH]c1=O)c1ccccc1. The Balaban J connectivity index is 1.85. The Labute approximate surface area is 157 Å². The Kier molecular flexibility index (Phi) is 5.45. The summed E-state index contributed by atoms with van der Waals surface area (Å²) in [4.78, 5) is 38.0. The van der Waals surface area contributed by atoms with Crippen LogP contribution in [-0.4, -0.2) is 26.8 Å². The lowest BCUT2D eigenvalue weighted by atomic mass is 10.2. The minimum Gasteiger partial charge on any atom is -0.494 e. The molecule has 0 atom stereocenters. The third kappa shape index (κ3) is 4.21. The number of carbonyl (C=O) groups excluding carboxylic acids is 1. The van der Waals surface area contributed by atoms with Gasteiger partial charge in [-0.3, -0.25) is 19.1 Å². The van der Waals surface area contributed by atoms with Gasteiger partial charge in [0.05, 0.1) is 12.8 Å². The summed E-state index contributed by atoms with van der Waals surface area (Å²) >= 11 is 0. The van der Waals surface area contributed by atoms with Crippen LogP contribution in [0.2, 0.25) is 0 Å². The summed E-state index contributed by atoms with van der Waals surface area (Å²) in [5.41, 5.74) is 1.11. The zero-order valence-electron chi connectivity index (χ0n) is 14.4. The van der Waals surface area contributed by atoms with Crippen molar-refractivity contribution >= 4 is 12.1 Å². The predicted molar refractivity (Wildman–Crippen MR) is 100.0 cm³/mol. The fourth-order valence-electron chi connectivity index (χ4n) is 2.42. The third-order valence-corrected chi connectivity index (χ3v) is 3.86. The molecular weight excluding hydrogens is 367 g/mol. The number of benzene rings is 2. The number of hydrazone groups is 1. The van der Waals surface area contributed by atoms with Crippen molar-refractivity contribution < 1.29 is 14.3 Å². The van der Waals surface area contributed by atoms with Crippen molar-refractivity contribution in [2.75, 3.05) is 0 Å². The number of amides is 1. The number of hydrogen-bond donors (Lipinski definition) is 3. The first kappa shape index (κ1) is 18.8. The van der Waals surface area contributed by atoms with Crippen molar-refractivity contribution in [3.8, 4) is 5.88 Å². The molecule has 142 valence electrons. The van der Waals surface area contributed by atoms with Crippen LogP contribution in [0, 0.1) is 5.82 Å². The Morgan fingerprint density at radius 3 is 2.50 bits per heavy atom. The topological polar surface area (TPSA) is 117 Å². The van der Waals surface area contributed by atoms with Crippen LogP contribution in [0.15, 0.2) is 69.3 Å². The zero-order valence-corrected chi connectivity index (χ0v) is 14.4. The molecule has 1 heterocycles. The molecule has 0 spiro atoms. The minimum absolute atomic E-state index is 0.0983. The molecular formula is C19H15FN4O4. The first-order valence-corrected chi connectivity index (χ1v) is 8.14. The van der Waals surface area contributed by atoms with Crippen LogP contribution in [0.1, 0.15) is 21.5 Å². The fraction of sp³-hybridized carbons (Fsp3) is 0.0526. The highest BCUT2D eigenvalue weighted by Crippen LogP contribution is 2.11. The van der Waals surface area contributed by atoms with Crippen LogP contribution < -0.4 is 16.7 Å². The number of aromatic amines is 1. The summed E-state index contributed by atoms with van der Waals surface area (Å²) in [6.45, 7) is -0.0983. The van der Waals surface area contributed by atoms with Gasteiger partial charge in [-0.2, -0.15) is 5.10 Å². The van der Waals surface area contributed by atoms with E-state index < -0.39 is 28.9 Å². The lowest BCUT2D eigenvalue weighted by Gasteiger charge is -2.09. The van der Waals surface area contributed by atoms with Gasteiger partial charge in [-0.05, 0) is 29.8 Å². The molecule has 1 amide bonds. The first-order chi connectivity index (χ1) is 13.5. The van der Waals surface area contributed by atoms with Crippen LogP contribution in [0.3, 0.4) is 0 Å². The summed E-state index contributed by atoms with van der Waals surface area (Å²) in [6, 6.07) is 13.6. The van der Waals surface area contributed by atoms with Crippen LogP contribution in [0.25, 0.3) is 0 Å². The van der Waals surface area contributed by atoms with E-state index in [-0.39, 0.29) is 12.1 Å². The number of nitrogens with one attached hydrogen (secondary N) is 2. The molecule has 28 heavy (non-hydrogen) atoms. The molecule has 0 saturated carbocycles. The lowest BCUT2D eigenvalue weighted by molar-refractivity contribution is 0.0955. The highest BCUT2D eigenvalue weighted by atomic mass is 19.1. The van der Waals surface area contributed by atoms with Gasteiger partial charge in [-0.25, -0.2) is 14.6 Å². The highest BCUT2D eigenvalue weighted by molar-refractivity contribution is 5.94. The average molecular weight is 382 g/mol. The Hall–Kier alpha value is -4.01. The molecule has 0 aliphatic rings. The van der Waals surface area contributed by atoms with Crippen molar-refractivity contribution in [3.63, 3.8) is 0 Å². The maximum absolute atomic E-state index is 13.0. The highest BCUT2D eigenvalue weighted by Gasteiger charge is 2.13. The third-order valence-electron chi connectivity index (χ3n) is 3.86. The second kappa shape index (κ2) is 8.12. The standard InChI is InChI=1S/C19H15FN4O4/c20-14-8-6-12(7-9-14)11-24-18(27)15(17(26)22-19(24)28)10-21-23-16(25)13-4-2-1-3-5-13/h1-10,27H,11H2,(H,23,25)(H,22,26,28)/b21-10-. The number of aromatic hydroxyl groups is 1. The first-order valence-electron chi connectivity index (χ1n) is 8.14. The van der Waals surface area contributed by atoms with E-state index in [1.165, 1.54) is 24.3 Å². The molecule has 9 heteroatoms. The molecule has 3 N–H and O–H groups in total. The molecule has 0 aliphatic heterocycles. The maximum Gasteiger partial charge on any atom is 0.331 e. The van der Waals surface area contributed by atoms with Gasteiger partial charge in [0.2, 0.25) is 5.88 Å². The van der Waals surface area contributed by atoms with Gasteiger partial charge in [0.1, 0.15) is 11.4 Å². The molecule has 2 aromatic carbocycles. The van der Waals surface area contributed by atoms with Gasteiger partial charge in [0, 0.05) is 5.56 Å². The van der Waals surface area contributed by atoms with E-state index in [1.807, 2.05) is 0 Å². The van der Waals surface area contributed by atoms with E-state index in [0.717, 1.165) is 10.8 Å². The molecule has 8 nitrogen and oxygen atoms in total. The van der Waals surface area contributed by atoms with Crippen molar-refractivity contribution in [1.82, 2.24) is 15.0 Å². The Bertz CT molecular complexity index is 1140. The summed E-state index contributed by atoms with van der Waals surface area (Å²) in [5.74, 6) is -1.58. The Morgan fingerprint density at radius 2 is 1.82 bits per heavy atom. The quantitative estimate of drug-likeness (QED) is 0.454. The van der Waals surface area contributed by atoms with E-state index in [2.05, 4.69) is 15.5 Å². The minimum atomic E-state index is -0.865. The summed E-state index contributed by atoms with van der Waals surface area (Å²) in [6.07, 6.45) is 0.940. The smallest absolute Gasteiger partial charge is 0.331 e. The molecule has 0 bridgehead atoms. The number of halogens is 1. The Morgan fingerprint density at radius 1 is 1.14 bits per heavy atom. The molecule has 0 unspecified atom stereocenters. The van der Waals surface area contributed by atoms with Crippen molar-refractivity contribution in [2.24, 2.45) is 5.10 Å². The van der Waals surface area contributed by atoms with Crippen LogP contribution >= 0.6 is 0 Å². The number of carbonyl (C=O) groups is 1. The number of nitrogens with zero attached hydrogens (tertiary/aromatic N) is 2. The zero-order chi connectivity index (χ0) is 20.1. The monoisotopic (exact) mass is 382 g/mol. The van der Waals surface area contributed by atoms with Crippen LogP contribution in [0.5, 0.6) is 5.88 Å². The van der Waals surface area contributed by atoms with Crippen LogP contribution in [0.4, 0.5) is 4.39 Å². The number of rotatable bonds is 5. The van der Waals surface area contributed by atoms with Gasteiger partial charge < -0.3 is 5.11 Å². The van der Waals surface area contributed by atoms with E-state index in [0.29, 0.717) is 11.1 Å². The van der Waals surface area contributed by atoms with E-state index in [4.69, 9.17) is 0 Å². The van der Waals surface area contributed by atoms with Crippen molar-refractivity contribution in [3.05, 3.63) is 97.9 Å². The van der Waals surface area contributed by atoms with Gasteiger partial charge in [-0.15, -0.1) is 0 Å². The van der Waals surface area contributed by atoms with Crippen molar-refractivity contribution in [2.45, 2.75) is 6.54 Å². The predicted octanol–water partition coefficient (Wildman–Crippen LogP) is 1.19. The molecule has 0 radical (unpaired) electrons. The second-order valence-electron chi connectivity index (χ2n) is 5.77. The largest absolute Gasteiger partial charge is 0.494 e. The van der Waals surface area contributed by atoms with Crippen molar-refractivity contribution in [1.29, 1.82) is 0 Å². The van der Waals surface area contributed by atoms with Gasteiger partial charge in [-0.1, -0.05) is 30.3 Å². The van der Waals surface area contributed by atoms with Crippen LogP contribution in [-0.2, 0) is 6.54 Å². The number of aromatic nitrogens is 2. The van der Waals surface area contributed by atoms with E-state index >= 15 is 0 Å². The van der Waals surface area contributed by atoms with Gasteiger partial charge in [0.15, 0.2) is 0 Å². The fourth-order valence-corrected chi connectivity index (χ4v) is 2.42. The molecule has 1 aromatic heterocycles. The number of H-pyrrole nitrogens is 1. The average Bonchev–Trinajstić information content (AvgIpc) is 2.69. The molecule has 3 rings (SSSR count). The summed E-state index contributed by atoms with van der Waals surface area (Å²) < 4.78 is 13.9. The lowest BCUT2D eigenvalue weighted by Crippen LogP contribution is -2.32. The molecule has 0 aliphatic carbocycles. The summed E-state index contributed by atoms with van der Waals surface area (Å²) in [7, 11) is 0. The van der Waals surface area contributed by atoms with Gasteiger partial charge in [0.25, 0.3) is 11.5 Å². The number of hydrogen-bond acceptors (Lipinski definition) is 5. The van der Waals surface area contributed by atoms with Gasteiger partial charge >= 0.3 is 5.69 Å². The maximum atomic E-state index is 13.0. The normalized spacial score (nSPS) is 10.9. The second-order valence-corrected chi connectivity index (χ2v) is 5.77. The summed E-state index contributed by atoms with van der Waals surface area (Å²) in [5, 5.41) is 14.0. The molecule has 3 aromatic rings. The molecule has 0 saturated heterocycles. The van der Waals surface area contributed by atoms with E-state index in [9.17, 15) is 23.9 Å². The molecule has 0 fully saturated rings.